The second kappa shape index (κ2) is 5.11. The summed E-state index contributed by atoms with van der Waals surface area (Å²) >= 11 is 18.1. The van der Waals surface area contributed by atoms with Gasteiger partial charge in [-0.05, 0) is 30.4 Å². The van der Waals surface area contributed by atoms with Crippen molar-refractivity contribution in [3.63, 3.8) is 0 Å². The molecule has 3 rings (SSSR count). The highest BCUT2D eigenvalue weighted by Crippen LogP contribution is 2.70. The average Bonchev–Trinajstić information content (AvgIpc) is 2.75. The second-order valence-corrected chi connectivity index (χ2v) is 8.56. The van der Waals surface area contributed by atoms with E-state index in [2.05, 4.69) is 5.32 Å². The number of nitrogens with one attached hydrogen (secondary N) is 1. The van der Waals surface area contributed by atoms with Gasteiger partial charge in [0.05, 0.1) is 26.2 Å². The molecular weight excluding hydrogens is 357 g/mol. The monoisotopic (exact) mass is 373 g/mol. The highest BCUT2D eigenvalue weighted by molar-refractivity contribution is 6.44. The molecular formula is C17H18Cl3NO2. The Balaban J connectivity index is 1.96. The van der Waals surface area contributed by atoms with Gasteiger partial charge >= 0.3 is 0 Å². The van der Waals surface area contributed by atoms with Gasteiger partial charge in [-0.2, -0.15) is 0 Å². The molecule has 124 valence electrons. The Kier molecular flexibility index (Phi) is 3.79. The summed E-state index contributed by atoms with van der Waals surface area (Å²) in [5, 5.41) is 3.84. The molecule has 0 heterocycles. The molecule has 1 aromatic rings. The normalized spacial score (nSPS) is 31.5. The second-order valence-electron chi connectivity index (χ2n) is 7.34. The number of hydrogen-bond donors (Lipinski definition) is 1. The number of halogens is 3. The third kappa shape index (κ3) is 2.09. The number of Topliss-reactive ketones (excluding diaryl/α,β-unsaturated/α-hetero) is 1. The van der Waals surface area contributed by atoms with Crippen LogP contribution in [0.15, 0.2) is 12.1 Å². The van der Waals surface area contributed by atoms with Crippen LogP contribution in [0.25, 0.3) is 0 Å². The molecule has 2 fully saturated rings. The molecule has 2 atom stereocenters. The summed E-state index contributed by atoms with van der Waals surface area (Å²) in [7, 11) is 0. The lowest BCUT2D eigenvalue weighted by Gasteiger charge is -2.38. The summed E-state index contributed by atoms with van der Waals surface area (Å²) < 4.78 is 0. The Morgan fingerprint density at radius 3 is 2.17 bits per heavy atom. The summed E-state index contributed by atoms with van der Waals surface area (Å²) in [4.78, 5) is 25.5. The highest BCUT2D eigenvalue weighted by Gasteiger charge is 2.72. The van der Waals surface area contributed by atoms with E-state index in [1.165, 1.54) is 6.07 Å². The van der Waals surface area contributed by atoms with E-state index in [0.717, 1.165) is 6.42 Å². The van der Waals surface area contributed by atoms with Crippen LogP contribution in [0, 0.1) is 16.2 Å². The zero-order valence-electron chi connectivity index (χ0n) is 13.2. The van der Waals surface area contributed by atoms with E-state index in [1.807, 2.05) is 20.8 Å². The molecule has 0 aromatic heterocycles. The van der Waals surface area contributed by atoms with E-state index >= 15 is 0 Å². The molecule has 1 N–H and O–H groups in total. The third-order valence-electron chi connectivity index (χ3n) is 6.40. The number of benzene rings is 1. The van der Waals surface area contributed by atoms with Gasteiger partial charge in [-0.1, -0.05) is 55.6 Å². The van der Waals surface area contributed by atoms with Gasteiger partial charge in [0.2, 0.25) is 5.91 Å². The fourth-order valence-corrected chi connectivity index (χ4v) is 4.82. The van der Waals surface area contributed by atoms with Crippen LogP contribution in [0.3, 0.4) is 0 Å². The molecule has 0 saturated heterocycles. The maximum Gasteiger partial charge on any atom is 0.231 e. The van der Waals surface area contributed by atoms with Crippen molar-refractivity contribution in [1.82, 2.24) is 0 Å². The first kappa shape index (κ1) is 17.1. The van der Waals surface area contributed by atoms with Crippen LogP contribution in [0.5, 0.6) is 0 Å². The summed E-state index contributed by atoms with van der Waals surface area (Å²) in [6.07, 6.45) is 1.72. The van der Waals surface area contributed by atoms with Gasteiger partial charge < -0.3 is 5.32 Å². The number of hydrogen-bond acceptors (Lipinski definition) is 2. The molecule has 2 bridgehead atoms. The van der Waals surface area contributed by atoms with Crippen molar-refractivity contribution >= 4 is 52.2 Å². The number of carbonyl (C=O) groups is 2. The van der Waals surface area contributed by atoms with E-state index < -0.39 is 16.2 Å². The minimum absolute atomic E-state index is 0.169. The smallest absolute Gasteiger partial charge is 0.231 e. The summed E-state index contributed by atoms with van der Waals surface area (Å²) in [6, 6.07) is 3.04. The van der Waals surface area contributed by atoms with E-state index in [4.69, 9.17) is 34.8 Å². The lowest BCUT2D eigenvalue weighted by molar-refractivity contribution is -0.131. The molecule has 2 unspecified atom stereocenters. The van der Waals surface area contributed by atoms with E-state index in [1.54, 1.807) is 6.07 Å². The lowest BCUT2D eigenvalue weighted by Crippen LogP contribution is -2.43. The van der Waals surface area contributed by atoms with Gasteiger partial charge in [0.25, 0.3) is 0 Å². The average molecular weight is 375 g/mol. The Labute approximate surface area is 150 Å². The molecule has 3 nitrogen and oxygen atoms in total. The van der Waals surface area contributed by atoms with Gasteiger partial charge in [0, 0.05) is 11.8 Å². The Bertz CT molecular complexity index is 731. The molecule has 1 aromatic carbocycles. The number of fused-ring (bicyclic) bond motifs is 2. The van der Waals surface area contributed by atoms with Gasteiger partial charge in [0.1, 0.15) is 5.78 Å². The number of anilines is 1. The third-order valence-corrected chi connectivity index (χ3v) is 7.43. The maximum atomic E-state index is 13.0. The van der Waals surface area contributed by atoms with E-state index in [9.17, 15) is 9.59 Å². The van der Waals surface area contributed by atoms with Crippen molar-refractivity contribution < 1.29 is 9.59 Å². The molecule has 2 saturated carbocycles. The molecule has 2 aliphatic carbocycles. The topological polar surface area (TPSA) is 46.2 Å². The quantitative estimate of drug-likeness (QED) is 0.707. The summed E-state index contributed by atoms with van der Waals surface area (Å²) in [5.41, 5.74) is -1.12. The van der Waals surface area contributed by atoms with Crippen LogP contribution in [0.1, 0.15) is 40.0 Å². The largest absolute Gasteiger partial charge is 0.324 e. The fraction of sp³-hybridized carbons (Fsp3) is 0.529. The first-order valence-corrected chi connectivity index (χ1v) is 8.68. The Morgan fingerprint density at radius 1 is 1.04 bits per heavy atom. The molecule has 2 aliphatic rings. The standard InChI is InChI=1S/C17H18Cl3NO2/c1-15(2)16(3)4-5-17(15,8-13(16)22)14(23)21-12-7-10(19)9(18)6-11(12)20/h6-7H,4-5,8H2,1-3H3,(H,21,23). The number of amides is 1. The van der Waals surface area contributed by atoms with Crippen molar-refractivity contribution in [3.8, 4) is 0 Å². The number of ketones is 1. The molecule has 0 spiro atoms. The molecule has 1 amide bonds. The highest BCUT2D eigenvalue weighted by atomic mass is 35.5. The van der Waals surface area contributed by atoms with Gasteiger partial charge in [-0.15, -0.1) is 0 Å². The maximum absolute atomic E-state index is 13.0. The van der Waals surface area contributed by atoms with Crippen LogP contribution < -0.4 is 5.32 Å². The lowest BCUT2D eigenvalue weighted by atomic mass is 9.64. The van der Waals surface area contributed by atoms with E-state index in [-0.39, 0.29) is 18.1 Å². The van der Waals surface area contributed by atoms with Gasteiger partial charge in [-0.3, -0.25) is 9.59 Å². The summed E-state index contributed by atoms with van der Waals surface area (Å²) in [5.74, 6) is 0.00139. The number of carbonyl (C=O) groups excluding carboxylic acids is 2. The fourth-order valence-electron chi connectivity index (χ4n) is 4.22. The van der Waals surface area contributed by atoms with Gasteiger partial charge in [-0.25, -0.2) is 0 Å². The van der Waals surface area contributed by atoms with Crippen molar-refractivity contribution in [1.29, 1.82) is 0 Å². The van der Waals surface area contributed by atoms with Gasteiger partial charge in [0.15, 0.2) is 0 Å². The van der Waals surface area contributed by atoms with Crippen LogP contribution in [0.2, 0.25) is 15.1 Å². The molecule has 0 radical (unpaired) electrons. The SMILES string of the molecule is CC12CCC(C(=O)Nc3cc(Cl)c(Cl)cc3Cl)(CC1=O)C2(C)C. The van der Waals surface area contributed by atoms with E-state index in [0.29, 0.717) is 27.2 Å². The Morgan fingerprint density at radius 2 is 1.65 bits per heavy atom. The predicted molar refractivity (Wildman–Crippen MR) is 93.3 cm³/mol. The van der Waals surface area contributed by atoms with Crippen LogP contribution in [-0.4, -0.2) is 11.7 Å². The van der Waals surface area contributed by atoms with Crippen molar-refractivity contribution in [2.24, 2.45) is 16.2 Å². The first-order valence-electron chi connectivity index (χ1n) is 7.54. The summed E-state index contributed by atoms with van der Waals surface area (Å²) in [6.45, 7) is 6.01. The van der Waals surface area contributed by atoms with Crippen molar-refractivity contribution in [2.75, 3.05) is 5.32 Å². The minimum atomic E-state index is -0.700. The zero-order chi connectivity index (χ0) is 17.2. The van der Waals surface area contributed by atoms with Crippen LogP contribution >= 0.6 is 34.8 Å². The predicted octanol–water partition coefficient (Wildman–Crippen LogP) is 5.37. The van der Waals surface area contributed by atoms with Crippen LogP contribution in [0.4, 0.5) is 5.69 Å². The minimum Gasteiger partial charge on any atom is -0.324 e. The Hall–Kier alpha value is -0.770. The molecule has 6 heteroatoms. The first-order chi connectivity index (χ1) is 10.5. The zero-order valence-corrected chi connectivity index (χ0v) is 15.5. The van der Waals surface area contributed by atoms with Crippen molar-refractivity contribution in [2.45, 2.75) is 40.0 Å². The van der Waals surface area contributed by atoms with Crippen molar-refractivity contribution in [3.05, 3.63) is 27.2 Å². The van der Waals surface area contributed by atoms with Crippen LogP contribution in [-0.2, 0) is 9.59 Å². The number of rotatable bonds is 2. The molecule has 23 heavy (non-hydrogen) atoms. The molecule has 0 aliphatic heterocycles.